The number of carbonyl (C=O) groups excluding carboxylic acids is 1. The number of fused-ring (bicyclic) bond motifs is 1. The second-order valence-corrected chi connectivity index (χ2v) is 15.3. The minimum absolute atomic E-state index is 0.0847. The molecule has 0 unspecified atom stereocenters. The van der Waals surface area contributed by atoms with Crippen LogP contribution < -0.4 is 24.9 Å². The van der Waals surface area contributed by atoms with E-state index in [1.807, 2.05) is 109 Å². The first-order valence-corrected chi connectivity index (χ1v) is 20.3. The molecule has 0 aliphatic heterocycles. The zero-order valence-electron chi connectivity index (χ0n) is 32.1. The molecule has 0 aliphatic carbocycles. The lowest BCUT2D eigenvalue weighted by atomic mass is 9.97. The highest BCUT2D eigenvalue weighted by Crippen LogP contribution is 2.51. The van der Waals surface area contributed by atoms with E-state index in [2.05, 4.69) is 54.6 Å². The van der Waals surface area contributed by atoms with Gasteiger partial charge in [-0.3, -0.25) is 0 Å². The number of hydrogen-bond donors (Lipinski definition) is 0. The molecule has 0 atom stereocenters. The van der Waals surface area contributed by atoms with E-state index in [0.717, 1.165) is 10.3 Å². The van der Waals surface area contributed by atoms with Crippen LogP contribution in [-0.4, -0.2) is 5.97 Å². The largest absolute Gasteiger partial charge is 0.545 e. The summed E-state index contributed by atoms with van der Waals surface area (Å²) in [7, 11) is -0.239. The Kier molecular flexibility index (Phi) is 12.1. The van der Waals surface area contributed by atoms with Crippen molar-refractivity contribution in [2.45, 2.75) is 14.7 Å². The molecule has 60 heavy (non-hydrogen) atoms. The average Bonchev–Trinajstić information content (AvgIpc) is 3.29. The van der Waals surface area contributed by atoms with E-state index >= 15 is 0 Å². The summed E-state index contributed by atoms with van der Waals surface area (Å²) in [5.74, 6) is 0.799. The first-order chi connectivity index (χ1) is 29.5. The summed E-state index contributed by atoms with van der Waals surface area (Å²) in [4.78, 5) is 27.6. The molecule has 8 aromatic carbocycles. The van der Waals surface area contributed by atoms with Gasteiger partial charge in [0.2, 0.25) is 5.75 Å². The minimum atomic E-state index is -1.36. The molecule has 1 heterocycles. The maximum absolute atomic E-state index is 12.4. The van der Waals surface area contributed by atoms with Gasteiger partial charge in [0.25, 0.3) is 0 Å². The van der Waals surface area contributed by atoms with E-state index in [9.17, 15) is 14.7 Å². The van der Waals surface area contributed by atoms with Crippen LogP contribution in [0, 0.1) is 0 Å². The Morgan fingerprint density at radius 3 is 1.43 bits per heavy atom. The maximum Gasteiger partial charge on any atom is 0.336 e. The molecule has 292 valence electrons. The smallest absolute Gasteiger partial charge is 0.336 e. The van der Waals surface area contributed by atoms with Gasteiger partial charge in [-0.25, -0.2) is 4.79 Å². The third-order valence-electron chi connectivity index (χ3n) is 9.17. The zero-order chi connectivity index (χ0) is 41.1. The summed E-state index contributed by atoms with van der Waals surface area (Å²) in [6, 6.07) is 68.1. The van der Waals surface area contributed by atoms with Gasteiger partial charge < -0.3 is 28.5 Å². The monoisotopic (exact) mass is 804 g/mol. The number of benzene rings is 8. The summed E-state index contributed by atoms with van der Waals surface area (Å²) in [6.07, 6.45) is 0. The van der Waals surface area contributed by atoms with E-state index in [1.165, 1.54) is 21.9 Å². The standard InChI is InChI=1S/C31H22O5.C21H15O2S/c32-31(33)26-21-27(34-23-15-7-2-8-16-23)29(35-24-17-9-3-10-18-24)30(36-25-19-11-4-12-20-25)28(26)22-13-5-1-6-14-22;22-21-14-12-16-11-13-19(15-20(16)23-21)24(17-7-3-1-4-8-17)18-9-5-2-6-10-18/h1-21H,(H,32,33);1-15H/q;+1/p-1. The molecule has 0 amide bonds. The Balaban J connectivity index is 0.000000180. The van der Waals surface area contributed by atoms with Crippen molar-refractivity contribution >= 4 is 27.8 Å². The number of rotatable bonds is 11. The van der Waals surface area contributed by atoms with E-state index < -0.39 is 5.97 Å². The van der Waals surface area contributed by atoms with Gasteiger partial charge in [0.05, 0.1) is 16.9 Å². The number of ether oxygens (including phenoxy) is 3. The van der Waals surface area contributed by atoms with Gasteiger partial charge >= 0.3 is 5.63 Å². The predicted octanol–water partition coefficient (Wildman–Crippen LogP) is 12.0. The van der Waals surface area contributed by atoms with Gasteiger partial charge in [-0.15, -0.1) is 0 Å². The third-order valence-corrected chi connectivity index (χ3v) is 11.4. The molecule has 0 N–H and O–H groups in total. The quantitative estimate of drug-likeness (QED) is 0.0948. The number of hydrogen-bond acceptors (Lipinski definition) is 7. The molecular weight excluding hydrogens is 769 g/mol. The topological polar surface area (TPSA) is 98.0 Å². The Morgan fingerprint density at radius 1 is 0.467 bits per heavy atom. The summed E-state index contributed by atoms with van der Waals surface area (Å²) in [6.45, 7) is 0. The van der Waals surface area contributed by atoms with Crippen LogP contribution in [0.15, 0.2) is 242 Å². The van der Waals surface area contributed by atoms with Crippen molar-refractivity contribution in [3.63, 3.8) is 0 Å². The van der Waals surface area contributed by atoms with Gasteiger partial charge in [-0.05, 0) is 90.5 Å². The predicted molar refractivity (Wildman–Crippen MR) is 233 cm³/mol. The second kappa shape index (κ2) is 18.6. The number of carboxylic acids is 1. The highest BCUT2D eigenvalue weighted by Gasteiger charge is 2.29. The Morgan fingerprint density at radius 2 is 0.917 bits per heavy atom. The van der Waals surface area contributed by atoms with E-state index in [1.54, 1.807) is 42.5 Å². The van der Waals surface area contributed by atoms with Crippen LogP contribution in [0.5, 0.6) is 34.5 Å². The van der Waals surface area contributed by atoms with Crippen LogP contribution in [0.2, 0.25) is 0 Å². The van der Waals surface area contributed by atoms with Gasteiger partial charge in [0.15, 0.2) is 26.2 Å². The molecule has 0 saturated heterocycles. The average molecular weight is 805 g/mol. The molecule has 9 rings (SSSR count). The fraction of sp³-hybridized carbons (Fsp3) is 0. The molecule has 0 bridgehead atoms. The zero-order valence-corrected chi connectivity index (χ0v) is 32.9. The third kappa shape index (κ3) is 9.31. The molecule has 0 spiro atoms. The lowest BCUT2D eigenvalue weighted by Gasteiger charge is -2.23. The number of carboxylic acid groups (broad SMARTS) is 1. The van der Waals surface area contributed by atoms with Crippen molar-refractivity contribution in [1.82, 2.24) is 0 Å². The summed E-state index contributed by atoms with van der Waals surface area (Å²) in [5.41, 5.74) is 1.18. The molecule has 0 radical (unpaired) electrons. The van der Waals surface area contributed by atoms with Crippen LogP contribution in [0.4, 0.5) is 0 Å². The van der Waals surface area contributed by atoms with Crippen molar-refractivity contribution in [2.24, 2.45) is 0 Å². The molecule has 0 saturated carbocycles. The molecule has 0 aliphatic rings. The second-order valence-electron chi connectivity index (χ2n) is 13.2. The van der Waals surface area contributed by atoms with Crippen molar-refractivity contribution in [3.05, 3.63) is 234 Å². The Hall–Kier alpha value is -7.81. The first kappa shape index (κ1) is 39.0. The van der Waals surface area contributed by atoms with Crippen molar-refractivity contribution < 1.29 is 28.5 Å². The van der Waals surface area contributed by atoms with Crippen molar-refractivity contribution in [1.29, 1.82) is 0 Å². The minimum Gasteiger partial charge on any atom is -0.545 e. The summed E-state index contributed by atoms with van der Waals surface area (Å²) < 4.78 is 24.2. The van der Waals surface area contributed by atoms with Crippen LogP contribution in [0.25, 0.3) is 22.1 Å². The van der Waals surface area contributed by atoms with Crippen molar-refractivity contribution in [2.75, 3.05) is 0 Å². The highest BCUT2D eigenvalue weighted by molar-refractivity contribution is 7.97. The lowest BCUT2D eigenvalue weighted by Crippen LogP contribution is -2.23. The van der Waals surface area contributed by atoms with Gasteiger partial charge in [-0.1, -0.05) is 121 Å². The van der Waals surface area contributed by atoms with Crippen LogP contribution >= 0.6 is 0 Å². The first-order valence-electron chi connectivity index (χ1n) is 19.0. The van der Waals surface area contributed by atoms with Crippen LogP contribution in [0.1, 0.15) is 10.4 Å². The maximum atomic E-state index is 12.4. The molecule has 9 aromatic rings. The Labute approximate surface area is 349 Å². The molecular formula is C52H36O7S. The highest BCUT2D eigenvalue weighted by atomic mass is 32.2. The molecule has 8 heteroatoms. The van der Waals surface area contributed by atoms with Gasteiger partial charge in [0, 0.05) is 28.6 Å². The van der Waals surface area contributed by atoms with E-state index in [-0.39, 0.29) is 39.3 Å². The SMILES string of the molecule is O=C([O-])c1cc(Oc2ccccc2)c(Oc2ccccc2)c(Oc2ccccc2)c1-c1ccccc1.O=c1ccc2ccc([S+](c3ccccc3)c3ccccc3)cc2o1. The van der Waals surface area contributed by atoms with E-state index in [4.69, 9.17) is 18.6 Å². The molecule has 1 aromatic heterocycles. The Bertz CT molecular complexity index is 2830. The molecule has 0 fully saturated rings. The molecule has 7 nitrogen and oxygen atoms in total. The van der Waals surface area contributed by atoms with Gasteiger partial charge in [-0.2, -0.15) is 0 Å². The van der Waals surface area contributed by atoms with Gasteiger partial charge in [0.1, 0.15) is 22.8 Å². The lowest BCUT2D eigenvalue weighted by molar-refractivity contribution is -0.255. The fourth-order valence-corrected chi connectivity index (χ4v) is 8.56. The van der Waals surface area contributed by atoms with Crippen LogP contribution in [-0.2, 0) is 10.9 Å². The summed E-state index contributed by atoms with van der Waals surface area (Å²) >= 11 is 0. The van der Waals surface area contributed by atoms with Crippen LogP contribution in [0.3, 0.4) is 0 Å². The van der Waals surface area contributed by atoms with E-state index in [0.29, 0.717) is 34.0 Å². The van der Waals surface area contributed by atoms with Crippen molar-refractivity contribution in [3.8, 4) is 45.6 Å². The number of aromatic carboxylic acids is 1. The fourth-order valence-electron chi connectivity index (χ4n) is 6.46. The number of para-hydroxylation sites is 3. The summed E-state index contributed by atoms with van der Waals surface area (Å²) in [5, 5.41) is 13.3. The normalized spacial score (nSPS) is 10.7. The number of carbonyl (C=O) groups is 1.